The zero-order chi connectivity index (χ0) is 16.1. The van der Waals surface area contributed by atoms with Gasteiger partial charge < -0.3 is 9.26 Å². The fourth-order valence-corrected chi connectivity index (χ4v) is 4.07. The van der Waals surface area contributed by atoms with Crippen LogP contribution < -0.4 is 0 Å². The first-order valence-electron chi connectivity index (χ1n) is 9.51. The summed E-state index contributed by atoms with van der Waals surface area (Å²) in [7, 11) is 0. The van der Waals surface area contributed by atoms with Crippen molar-refractivity contribution in [1.29, 1.82) is 0 Å². The fourth-order valence-electron chi connectivity index (χ4n) is 4.07. The third-order valence-electron chi connectivity index (χ3n) is 5.25. The molecule has 0 N–H and O–H groups in total. The molecule has 5 nitrogen and oxygen atoms in total. The van der Waals surface area contributed by atoms with E-state index in [4.69, 9.17) is 14.2 Å². The van der Waals surface area contributed by atoms with Crippen LogP contribution in [0.15, 0.2) is 4.52 Å². The minimum Gasteiger partial charge on any atom is -0.367 e. The van der Waals surface area contributed by atoms with E-state index in [-0.39, 0.29) is 5.60 Å². The van der Waals surface area contributed by atoms with Crippen LogP contribution in [0.3, 0.4) is 0 Å². The SMILES string of the molecule is CCCOC1(c2noc(C3CCCN3CCC)n2)CCCCC1. The maximum absolute atomic E-state index is 6.26. The first-order chi connectivity index (χ1) is 11.3. The van der Waals surface area contributed by atoms with E-state index in [1.807, 2.05) is 0 Å². The molecule has 1 saturated carbocycles. The van der Waals surface area contributed by atoms with E-state index in [0.29, 0.717) is 6.04 Å². The topological polar surface area (TPSA) is 51.4 Å². The lowest BCUT2D eigenvalue weighted by Crippen LogP contribution is -2.34. The molecule has 0 bridgehead atoms. The van der Waals surface area contributed by atoms with E-state index in [2.05, 4.69) is 23.9 Å². The molecule has 0 amide bonds. The summed E-state index contributed by atoms with van der Waals surface area (Å²) in [6.07, 6.45) is 10.3. The van der Waals surface area contributed by atoms with Crippen molar-refractivity contribution >= 4 is 0 Å². The van der Waals surface area contributed by atoms with Crippen molar-refractivity contribution in [2.45, 2.75) is 83.3 Å². The van der Waals surface area contributed by atoms with E-state index in [1.165, 1.54) is 32.1 Å². The second kappa shape index (κ2) is 7.75. The third kappa shape index (κ3) is 3.61. The Bertz CT molecular complexity index is 482. The van der Waals surface area contributed by atoms with Crippen molar-refractivity contribution in [2.24, 2.45) is 0 Å². The van der Waals surface area contributed by atoms with Gasteiger partial charge in [0.25, 0.3) is 0 Å². The van der Waals surface area contributed by atoms with Crippen molar-refractivity contribution in [3.8, 4) is 0 Å². The van der Waals surface area contributed by atoms with Gasteiger partial charge in [-0.1, -0.05) is 38.3 Å². The van der Waals surface area contributed by atoms with Crippen molar-refractivity contribution in [1.82, 2.24) is 15.0 Å². The minimum absolute atomic E-state index is 0.301. The molecule has 1 aliphatic heterocycles. The van der Waals surface area contributed by atoms with Gasteiger partial charge in [0, 0.05) is 6.61 Å². The van der Waals surface area contributed by atoms with Gasteiger partial charge >= 0.3 is 0 Å². The number of hydrogen-bond acceptors (Lipinski definition) is 5. The Morgan fingerprint density at radius 1 is 1.17 bits per heavy atom. The lowest BCUT2D eigenvalue weighted by molar-refractivity contribution is -0.0829. The van der Waals surface area contributed by atoms with Crippen LogP contribution in [0.25, 0.3) is 0 Å². The van der Waals surface area contributed by atoms with Gasteiger partial charge in [0.2, 0.25) is 11.7 Å². The molecule has 5 heteroatoms. The van der Waals surface area contributed by atoms with Crippen molar-refractivity contribution < 1.29 is 9.26 Å². The highest BCUT2D eigenvalue weighted by atomic mass is 16.5. The number of ether oxygens (including phenoxy) is 1. The number of hydrogen-bond donors (Lipinski definition) is 0. The van der Waals surface area contributed by atoms with E-state index < -0.39 is 0 Å². The summed E-state index contributed by atoms with van der Waals surface area (Å²) in [5.41, 5.74) is -0.301. The molecule has 130 valence electrons. The fraction of sp³-hybridized carbons (Fsp3) is 0.889. The van der Waals surface area contributed by atoms with Crippen LogP contribution in [0.2, 0.25) is 0 Å². The summed E-state index contributed by atoms with van der Waals surface area (Å²) in [4.78, 5) is 7.31. The molecule has 2 heterocycles. The standard InChI is InChI=1S/C18H31N3O2/c1-3-12-21-13-8-9-15(21)16-19-17(20-23-16)18(22-14-4-2)10-6-5-7-11-18/h15H,3-14H2,1-2H3. The summed E-state index contributed by atoms with van der Waals surface area (Å²) < 4.78 is 12.0. The van der Waals surface area contributed by atoms with Crippen LogP contribution in [-0.2, 0) is 10.3 Å². The normalized spacial score (nSPS) is 25.0. The van der Waals surface area contributed by atoms with Crippen LogP contribution in [-0.4, -0.2) is 34.7 Å². The Hall–Kier alpha value is -0.940. The van der Waals surface area contributed by atoms with Gasteiger partial charge in [-0.3, -0.25) is 4.90 Å². The summed E-state index contributed by atoms with van der Waals surface area (Å²) in [6.45, 7) is 7.41. The molecule has 0 radical (unpaired) electrons. The lowest BCUT2D eigenvalue weighted by Gasteiger charge is -2.34. The second-order valence-electron chi connectivity index (χ2n) is 7.05. The van der Waals surface area contributed by atoms with Gasteiger partial charge in [-0.15, -0.1) is 0 Å². The Morgan fingerprint density at radius 2 is 2.00 bits per heavy atom. The van der Waals surface area contributed by atoms with Crippen molar-refractivity contribution in [3.63, 3.8) is 0 Å². The van der Waals surface area contributed by atoms with E-state index in [0.717, 1.165) is 57.1 Å². The van der Waals surface area contributed by atoms with Gasteiger partial charge in [0.05, 0.1) is 6.04 Å². The summed E-state index contributed by atoms with van der Waals surface area (Å²) >= 11 is 0. The Kier molecular flexibility index (Phi) is 5.70. The maximum Gasteiger partial charge on any atom is 0.244 e. The molecule has 0 spiro atoms. The van der Waals surface area contributed by atoms with Gasteiger partial charge in [-0.2, -0.15) is 4.98 Å². The predicted octanol–water partition coefficient (Wildman–Crippen LogP) is 4.20. The van der Waals surface area contributed by atoms with Crippen LogP contribution in [0.1, 0.15) is 89.4 Å². The van der Waals surface area contributed by atoms with E-state index >= 15 is 0 Å². The number of likely N-dealkylation sites (tertiary alicyclic amines) is 1. The molecular weight excluding hydrogens is 290 g/mol. The molecule has 1 aromatic rings. The van der Waals surface area contributed by atoms with Crippen LogP contribution in [0, 0.1) is 0 Å². The van der Waals surface area contributed by atoms with Gasteiger partial charge in [-0.25, -0.2) is 0 Å². The van der Waals surface area contributed by atoms with Gasteiger partial charge in [0.15, 0.2) is 0 Å². The Morgan fingerprint density at radius 3 is 2.74 bits per heavy atom. The second-order valence-corrected chi connectivity index (χ2v) is 7.05. The van der Waals surface area contributed by atoms with Crippen molar-refractivity contribution in [3.05, 3.63) is 11.7 Å². The van der Waals surface area contributed by atoms with Crippen molar-refractivity contribution in [2.75, 3.05) is 19.7 Å². The third-order valence-corrected chi connectivity index (χ3v) is 5.25. The molecule has 2 fully saturated rings. The Labute approximate surface area is 139 Å². The highest BCUT2D eigenvalue weighted by molar-refractivity contribution is 5.06. The molecule has 3 rings (SSSR count). The van der Waals surface area contributed by atoms with Crippen LogP contribution in [0.4, 0.5) is 0 Å². The zero-order valence-corrected chi connectivity index (χ0v) is 14.7. The molecule has 1 atom stereocenters. The summed E-state index contributed by atoms with van der Waals surface area (Å²) in [5.74, 6) is 1.60. The molecule has 2 aliphatic rings. The largest absolute Gasteiger partial charge is 0.367 e. The van der Waals surface area contributed by atoms with Crippen LogP contribution >= 0.6 is 0 Å². The highest BCUT2D eigenvalue weighted by Crippen LogP contribution is 2.40. The molecular formula is C18H31N3O2. The molecule has 23 heavy (non-hydrogen) atoms. The number of aromatic nitrogens is 2. The molecule has 1 aromatic heterocycles. The average molecular weight is 321 g/mol. The number of rotatable bonds is 7. The van der Waals surface area contributed by atoms with Crippen LogP contribution in [0.5, 0.6) is 0 Å². The minimum atomic E-state index is -0.301. The smallest absolute Gasteiger partial charge is 0.244 e. The zero-order valence-electron chi connectivity index (χ0n) is 14.7. The first kappa shape index (κ1) is 16.9. The maximum atomic E-state index is 6.26. The van der Waals surface area contributed by atoms with Gasteiger partial charge in [0.1, 0.15) is 5.60 Å². The quantitative estimate of drug-likeness (QED) is 0.753. The first-order valence-corrected chi connectivity index (χ1v) is 9.51. The highest BCUT2D eigenvalue weighted by Gasteiger charge is 2.40. The average Bonchev–Trinajstić information content (AvgIpc) is 3.23. The number of nitrogens with zero attached hydrogens (tertiary/aromatic N) is 3. The molecule has 1 aliphatic carbocycles. The lowest BCUT2D eigenvalue weighted by atomic mass is 9.84. The van der Waals surface area contributed by atoms with Gasteiger partial charge in [-0.05, 0) is 51.6 Å². The summed E-state index contributed by atoms with van der Waals surface area (Å²) in [5, 5.41) is 4.37. The Balaban J connectivity index is 1.78. The predicted molar refractivity (Wildman–Crippen MR) is 89.1 cm³/mol. The van der Waals surface area contributed by atoms with E-state index in [9.17, 15) is 0 Å². The van der Waals surface area contributed by atoms with E-state index in [1.54, 1.807) is 0 Å². The molecule has 1 saturated heterocycles. The molecule has 0 aromatic carbocycles. The summed E-state index contributed by atoms with van der Waals surface area (Å²) in [6, 6.07) is 0.308. The molecule has 1 unspecified atom stereocenters. The monoisotopic (exact) mass is 321 g/mol.